The molecule has 0 saturated carbocycles. The lowest BCUT2D eigenvalue weighted by Crippen LogP contribution is -2.16. The van der Waals surface area contributed by atoms with Gasteiger partial charge in [-0.3, -0.25) is 9.59 Å². The summed E-state index contributed by atoms with van der Waals surface area (Å²) in [5.74, 6) is -0.429. The van der Waals surface area contributed by atoms with Gasteiger partial charge in [-0.05, 0) is 6.42 Å². The SMILES string of the molecule is CCCC([C]=O)OC(C)=O. The van der Waals surface area contributed by atoms with Crippen LogP contribution in [0, 0.1) is 0 Å². The van der Waals surface area contributed by atoms with Crippen molar-refractivity contribution in [3.05, 3.63) is 0 Å². The van der Waals surface area contributed by atoms with Crippen molar-refractivity contribution in [3.8, 4) is 0 Å². The molecule has 0 N–H and O–H groups in total. The second-order valence-electron chi connectivity index (χ2n) is 2.00. The van der Waals surface area contributed by atoms with Gasteiger partial charge in [-0.15, -0.1) is 0 Å². The molecule has 1 atom stereocenters. The van der Waals surface area contributed by atoms with Crippen molar-refractivity contribution in [2.45, 2.75) is 32.8 Å². The van der Waals surface area contributed by atoms with Gasteiger partial charge in [0.05, 0.1) is 0 Å². The maximum atomic E-state index is 10.3. The molecule has 0 aromatic rings. The smallest absolute Gasteiger partial charge is 0.303 e. The normalized spacial score (nSPS) is 12.2. The lowest BCUT2D eigenvalue weighted by Gasteiger charge is -2.06. The molecule has 0 aliphatic heterocycles. The minimum atomic E-state index is -0.664. The molecule has 0 amide bonds. The highest BCUT2D eigenvalue weighted by Gasteiger charge is 2.08. The Kier molecular flexibility index (Phi) is 4.54. The van der Waals surface area contributed by atoms with E-state index in [1.807, 2.05) is 6.92 Å². The molecule has 0 heterocycles. The van der Waals surface area contributed by atoms with Crippen molar-refractivity contribution < 1.29 is 14.3 Å². The average molecular weight is 143 g/mol. The van der Waals surface area contributed by atoms with Crippen LogP contribution in [-0.2, 0) is 14.3 Å². The minimum absolute atomic E-state index is 0.429. The summed E-state index contributed by atoms with van der Waals surface area (Å²) >= 11 is 0. The molecule has 0 fully saturated rings. The van der Waals surface area contributed by atoms with E-state index in [9.17, 15) is 9.59 Å². The second-order valence-corrected chi connectivity index (χ2v) is 2.00. The van der Waals surface area contributed by atoms with Gasteiger partial charge in [-0.2, -0.15) is 0 Å². The van der Waals surface area contributed by atoms with Gasteiger partial charge in [0.1, 0.15) is 0 Å². The topological polar surface area (TPSA) is 43.4 Å². The Balaban J connectivity index is 3.59. The third-order valence-corrected chi connectivity index (χ3v) is 0.991. The molecule has 10 heavy (non-hydrogen) atoms. The fraction of sp³-hybridized carbons (Fsp3) is 0.714. The standard InChI is InChI=1S/C7H11O3/c1-3-4-7(5-8)10-6(2)9/h7H,3-4H2,1-2H3. The van der Waals surface area contributed by atoms with Crippen LogP contribution >= 0.6 is 0 Å². The van der Waals surface area contributed by atoms with Gasteiger partial charge in [0.15, 0.2) is 6.10 Å². The molecule has 1 unspecified atom stereocenters. The summed E-state index contributed by atoms with van der Waals surface area (Å²) in [7, 11) is 0. The van der Waals surface area contributed by atoms with E-state index in [2.05, 4.69) is 4.74 Å². The molecule has 3 heteroatoms. The summed E-state index contributed by atoms with van der Waals surface area (Å²) in [5, 5.41) is 0. The number of ether oxygens (including phenoxy) is 1. The Bertz CT molecular complexity index is 120. The molecule has 0 aliphatic rings. The van der Waals surface area contributed by atoms with Gasteiger partial charge in [0.25, 0.3) is 0 Å². The van der Waals surface area contributed by atoms with E-state index in [-0.39, 0.29) is 0 Å². The number of rotatable bonds is 4. The second kappa shape index (κ2) is 4.97. The van der Waals surface area contributed by atoms with Gasteiger partial charge in [-0.1, -0.05) is 13.3 Å². The summed E-state index contributed by atoms with van der Waals surface area (Å²) in [6.07, 6.45) is 2.35. The van der Waals surface area contributed by atoms with Crippen LogP contribution in [0.4, 0.5) is 0 Å². The third kappa shape index (κ3) is 4.06. The Morgan fingerprint density at radius 3 is 2.60 bits per heavy atom. The zero-order chi connectivity index (χ0) is 7.98. The van der Waals surface area contributed by atoms with E-state index in [4.69, 9.17) is 0 Å². The van der Waals surface area contributed by atoms with Crippen molar-refractivity contribution in [1.82, 2.24) is 0 Å². The fourth-order valence-electron chi connectivity index (χ4n) is 0.604. The predicted molar refractivity (Wildman–Crippen MR) is 36.2 cm³/mol. The van der Waals surface area contributed by atoms with Gasteiger partial charge in [-0.25, -0.2) is 0 Å². The van der Waals surface area contributed by atoms with Crippen LogP contribution in [0.2, 0.25) is 0 Å². The maximum Gasteiger partial charge on any atom is 0.303 e. The van der Waals surface area contributed by atoms with Crippen molar-refractivity contribution in [3.63, 3.8) is 0 Å². The highest BCUT2D eigenvalue weighted by molar-refractivity contribution is 5.70. The molecule has 0 bridgehead atoms. The lowest BCUT2D eigenvalue weighted by molar-refractivity contribution is -0.143. The largest absolute Gasteiger partial charge is 0.454 e. The lowest BCUT2D eigenvalue weighted by atomic mass is 10.2. The number of hydrogen-bond acceptors (Lipinski definition) is 3. The van der Waals surface area contributed by atoms with Crippen molar-refractivity contribution in [2.75, 3.05) is 0 Å². The molecule has 0 aliphatic carbocycles. The molecule has 0 aromatic heterocycles. The number of carbonyl (C=O) groups is 1. The van der Waals surface area contributed by atoms with Gasteiger partial charge < -0.3 is 4.74 Å². The highest BCUT2D eigenvalue weighted by atomic mass is 16.5. The first kappa shape index (κ1) is 9.14. The van der Waals surface area contributed by atoms with Crippen LogP contribution in [0.15, 0.2) is 0 Å². The number of hydrogen-bond donors (Lipinski definition) is 0. The summed E-state index contributed by atoms with van der Waals surface area (Å²) in [4.78, 5) is 20.3. The van der Waals surface area contributed by atoms with Crippen molar-refractivity contribution in [2.24, 2.45) is 0 Å². The first-order valence-electron chi connectivity index (χ1n) is 3.25. The molecular formula is C7H11O3. The first-order chi connectivity index (χ1) is 4.70. The maximum absolute atomic E-state index is 10.3. The Labute approximate surface area is 60.4 Å². The Morgan fingerprint density at radius 1 is 1.70 bits per heavy atom. The first-order valence-corrected chi connectivity index (χ1v) is 3.25. The molecule has 0 saturated heterocycles. The van der Waals surface area contributed by atoms with E-state index in [0.29, 0.717) is 6.42 Å². The van der Waals surface area contributed by atoms with Crippen LogP contribution in [0.5, 0.6) is 0 Å². The molecule has 57 valence electrons. The van der Waals surface area contributed by atoms with Gasteiger partial charge >= 0.3 is 5.97 Å². The van der Waals surface area contributed by atoms with E-state index < -0.39 is 12.1 Å². The summed E-state index contributed by atoms with van der Waals surface area (Å²) in [5.41, 5.74) is 0. The van der Waals surface area contributed by atoms with Crippen LogP contribution in [-0.4, -0.2) is 18.4 Å². The zero-order valence-corrected chi connectivity index (χ0v) is 6.22. The van der Waals surface area contributed by atoms with Crippen LogP contribution in [0.1, 0.15) is 26.7 Å². The molecule has 1 radical (unpaired) electrons. The van der Waals surface area contributed by atoms with Gasteiger partial charge in [0.2, 0.25) is 6.29 Å². The monoisotopic (exact) mass is 143 g/mol. The predicted octanol–water partition coefficient (Wildman–Crippen LogP) is 0.828. The number of esters is 1. The summed E-state index contributed by atoms with van der Waals surface area (Å²) in [6.45, 7) is 3.19. The Hall–Kier alpha value is -0.860. The van der Waals surface area contributed by atoms with Crippen LogP contribution < -0.4 is 0 Å². The van der Waals surface area contributed by atoms with E-state index in [0.717, 1.165) is 6.42 Å². The Morgan fingerprint density at radius 2 is 2.30 bits per heavy atom. The molecule has 0 rings (SSSR count). The summed E-state index contributed by atoms with van der Waals surface area (Å²) < 4.78 is 4.58. The molecular weight excluding hydrogens is 132 g/mol. The van der Waals surface area contributed by atoms with Crippen molar-refractivity contribution in [1.29, 1.82) is 0 Å². The highest BCUT2D eigenvalue weighted by Crippen LogP contribution is 1.98. The van der Waals surface area contributed by atoms with Crippen LogP contribution in [0.3, 0.4) is 0 Å². The van der Waals surface area contributed by atoms with E-state index in [1.54, 1.807) is 6.29 Å². The fourth-order valence-corrected chi connectivity index (χ4v) is 0.604. The molecule has 3 nitrogen and oxygen atoms in total. The van der Waals surface area contributed by atoms with Crippen molar-refractivity contribution >= 4 is 12.3 Å². The molecule has 0 aromatic carbocycles. The summed E-state index contributed by atoms with van der Waals surface area (Å²) in [6, 6.07) is 0. The zero-order valence-electron chi connectivity index (χ0n) is 6.22. The quantitative estimate of drug-likeness (QED) is 0.547. The van der Waals surface area contributed by atoms with E-state index >= 15 is 0 Å². The van der Waals surface area contributed by atoms with Crippen LogP contribution in [0.25, 0.3) is 0 Å². The van der Waals surface area contributed by atoms with E-state index in [1.165, 1.54) is 6.92 Å². The van der Waals surface area contributed by atoms with Gasteiger partial charge in [0, 0.05) is 6.92 Å². The molecule has 0 spiro atoms. The third-order valence-electron chi connectivity index (χ3n) is 0.991. The number of carbonyl (C=O) groups excluding carboxylic acids is 2. The minimum Gasteiger partial charge on any atom is -0.454 e. The average Bonchev–Trinajstić information content (AvgIpc) is 1.86.